The fourth-order valence-corrected chi connectivity index (χ4v) is 2.89. The van der Waals surface area contributed by atoms with Crippen LogP contribution in [0, 0.1) is 20.8 Å². The average molecular weight is 371 g/mol. The van der Waals surface area contributed by atoms with Gasteiger partial charge in [0, 0.05) is 12.1 Å². The predicted octanol–water partition coefficient (Wildman–Crippen LogP) is 3.06. The van der Waals surface area contributed by atoms with Crippen LogP contribution < -0.4 is 14.8 Å². The zero-order valence-corrected chi connectivity index (χ0v) is 16.1. The number of rotatable bonds is 8. The maximum Gasteiger partial charge on any atom is 0.341 e. The van der Waals surface area contributed by atoms with Crippen LogP contribution in [0.25, 0.3) is 0 Å². The number of hydrogen-bond donors (Lipinski definition) is 2. The summed E-state index contributed by atoms with van der Waals surface area (Å²) in [4.78, 5) is 23.1. The van der Waals surface area contributed by atoms with E-state index >= 15 is 0 Å². The number of carboxylic acids is 1. The van der Waals surface area contributed by atoms with E-state index in [1.165, 1.54) is 0 Å². The molecule has 0 fully saturated rings. The Bertz CT molecular complexity index is 821. The number of carbonyl (C=O) groups excluding carboxylic acids is 1. The van der Waals surface area contributed by atoms with Crippen molar-refractivity contribution < 1.29 is 24.2 Å². The lowest BCUT2D eigenvalue weighted by Crippen LogP contribution is -2.26. The summed E-state index contributed by atoms with van der Waals surface area (Å²) in [5.41, 5.74) is 4.13. The van der Waals surface area contributed by atoms with Crippen LogP contribution in [-0.2, 0) is 11.2 Å². The summed E-state index contributed by atoms with van der Waals surface area (Å²) < 4.78 is 10.6. The Hall–Kier alpha value is -3.02. The zero-order chi connectivity index (χ0) is 20.0. The molecule has 0 spiro atoms. The smallest absolute Gasteiger partial charge is 0.341 e. The van der Waals surface area contributed by atoms with Gasteiger partial charge < -0.3 is 19.9 Å². The number of aryl methyl sites for hydroxylation is 3. The lowest BCUT2D eigenvalue weighted by molar-refractivity contribution is -0.139. The molecule has 0 saturated heterocycles. The Kier molecular flexibility index (Phi) is 6.82. The van der Waals surface area contributed by atoms with Gasteiger partial charge in [-0.3, -0.25) is 4.79 Å². The molecule has 2 rings (SSSR count). The Morgan fingerprint density at radius 2 is 1.70 bits per heavy atom. The van der Waals surface area contributed by atoms with Gasteiger partial charge in [0.15, 0.2) is 6.61 Å². The first-order valence-corrected chi connectivity index (χ1v) is 8.69. The van der Waals surface area contributed by atoms with E-state index in [9.17, 15) is 9.59 Å². The minimum absolute atomic E-state index is 0.176. The van der Waals surface area contributed by atoms with Crippen molar-refractivity contribution in [2.75, 3.05) is 20.3 Å². The quantitative estimate of drug-likeness (QED) is 0.745. The molecule has 0 aliphatic carbocycles. The number of ether oxygens (including phenoxy) is 2. The summed E-state index contributed by atoms with van der Waals surface area (Å²) in [5.74, 6) is 0.121. The minimum atomic E-state index is -1.04. The summed E-state index contributed by atoms with van der Waals surface area (Å²) in [6.45, 7) is 5.66. The van der Waals surface area contributed by atoms with Crippen LogP contribution in [0.3, 0.4) is 0 Å². The number of aliphatic carboxylic acids is 1. The number of amides is 1. The van der Waals surface area contributed by atoms with Crippen LogP contribution in [0.15, 0.2) is 30.3 Å². The van der Waals surface area contributed by atoms with Crippen LogP contribution >= 0.6 is 0 Å². The van der Waals surface area contributed by atoms with Gasteiger partial charge in [0.05, 0.1) is 7.11 Å². The van der Waals surface area contributed by atoms with Crippen molar-refractivity contribution in [2.24, 2.45) is 0 Å². The third-order valence-electron chi connectivity index (χ3n) is 4.23. The van der Waals surface area contributed by atoms with Crippen LogP contribution in [0.4, 0.5) is 0 Å². The second-order valence-electron chi connectivity index (χ2n) is 6.43. The van der Waals surface area contributed by atoms with Crippen LogP contribution in [0.2, 0.25) is 0 Å². The predicted molar refractivity (Wildman–Crippen MR) is 103 cm³/mol. The second kappa shape index (κ2) is 9.07. The topological polar surface area (TPSA) is 84.9 Å². The van der Waals surface area contributed by atoms with Crippen molar-refractivity contribution in [3.63, 3.8) is 0 Å². The first kappa shape index (κ1) is 20.3. The van der Waals surface area contributed by atoms with E-state index in [1.54, 1.807) is 33.1 Å². The molecule has 6 nitrogen and oxygen atoms in total. The first-order valence-electron chi connectivity index (χ1n) is 8.69. The van der Waals surface area contributed by atoms with E-state index < -0.39 is 12.6 Å². The Morgan fingerprint density at radius 1 is 1.04 bits per heavy atom. The number of carboxylic acid groups (broad SMARTS) is 1. The van der Waals surface area contributed by atoms with Gasteiger partial charge in [-0.2, -0.15) is 0 Å². The molecular formula is C21H25NO5. The second-order valence-corrected chi connectivity index (χ2v) is 6.43. The molecule has 0 atom stereocenters. The maximum absolute atomic E-state index is 12.4. The van der Waals surface area contributed by atoms with Gasteiger partial charge >= 0.3 is 5.97 Å². The SMILES string of the molecule is COc1cc(CCNC(=O)c2cc(C)c(OCC(=O)O)c(C)c2)ccc1C. The van der Waals surface area contributed by atoms with Gasteiger partial charge in [0.2, 0.25) is 0 Å². The Balaban J connectivity index is 1.98. The van der Waals surface area contributed by atoms with Gasteiger partial charge in [0.25, 0.3) is 5.91 Å². The molecule has 2 aromatic rings. The van der Waals surface area contributed by atoms with Crippen molar-refractivity contribution in [3.05, 3.63) is 58.1 Å². The van der Waals surface area contributed by atoms with Crippen molar-refractivity contribution in [2.45, 2.75) is 27.2 Å². The summed E-state index contributed by atoms with van der Waals surface area (Å²) in [5, 5.41) is 11.7. The highest BCUT2D eigenvalue weighted by molar-refractivity contribution is 5.94. The third kappa shape index (κ3) is 5.48. The van der Waals surface area contributed by atoms with Gasteiger partial charge in [-0.1, -0.05) is 12.1 Å². The molecule has 0 unspecified atom stereocenters. The Morgan fingerprint density at radius 3 is 2.30 bits per heavy atom. The number of carbonyl (C=O) groups is 2. The van der Waals surface area contributed by atoms with Crippen LogP contribution in [0.5, 0.6) is 11.5 Å². The molecule has 0 aromatic heterocycles. The van der Waals surface area contributed by atoms with Crippen molar-refractivity contribution >= 4 is 11.9 Å². The summed E-state index contributed by atoms with van der Waals surface area (Å²) >= 11 is 0. The normalized spacial score (nSPS) is 10.4. The molecule has 2 N–H and O–H groups in total. The minimum Gasteiger partial charge on any atom is -0.496 e. The van der Waals surface area contributed by atoms with Crippen LogP contribution in [0.1, 0.15) is 32.6 Å². The molecule has 0 aliphatic heterocycles. The molecule has 0 radical (unpaired) electrons. The number of benzene rings is 2. The lowest BCUT2D eigenvalue weighted by atomic mass is 10.0. The van der Waals surface area contributed by atoms with Crippen molar-refractivity contribution in [3.8, 4) is 11.5 Å². The fourth-order valence-electron chi connectivity index (χ4n) is 2.89. The molecule has 144 valence electrons. The fraction of sp³-hybridized carbons (Fsp3) is 0.333. The molecule has 0 aliphatic rings. The zero-order valence-electron chi connectivity index (χ0n) is 16.1. The van der Waals surface area contributed by atoms with Crippen LogP contribution in [-0.4, -0.2) is 37.2 Å². The van der Waals surface area contributed by atoms with E-state index in [1.807, 2.05) is 25.1 Å². The largest absolute Gasteiger partial charge is 0.496 e. The lowest BCUT2D eigenvalue weighted by Gasteiger charge is -2.13. The molecular weight excluding hydrogens is 346 g/mol. The molecule has 27 heavy (non-hydrogen) atoms. The standard InChI is InChI=1S/C21H25NO5/c1-13-5-6-16(11-18(13)26-4)7-8-22-21(25)17-9-14(2)20(15(3)10-17)27-12-19(23)24/h5-6,9-11H,7-8,12H2,1-4H3,(H,22,25)(H,23,24). The van der Waals surface area contributed by atoms with Crippen molar-refractivity contribution in [1.82, 2.24) is 5.32 Å². The maximum atomic E-state index is 12.4. The van der Waals surface area contributed by atoms with E-state index in [0.717, 1.165) is 28.0 Å². The summed E-state index contributed by atoms with van der Waals surface area (Å²) in [6, 6.07) is 9.40. The van der Waals surface area contributed by atoms with Gasteiger partial charge in [-0.25, -0.2) is 4.79 Å². The molecule has 0 heterocycles. The highest BCUT2D eigenvalue weighted by atomic mass is 16.5. The monoisotopic (exact) mass is 371 g/mol. The summed E-state index contributed by atoms with van der Waals surface area (Å²) in [7, 11) is 1.64. The van der Waals surface area contributed by atoms with E-state index in [-0.39, 0.29) is 5.91 Å². The number of methoxy groups -OCH3 is 1. The van der Waals surface area contributed by atoms with E-state index in [0.29, 0.717) is 24.3 Å². The highest BCUT2D eigenvalue weighted by Crippen LogP contribution is 2.25. The molecule has 2 aromatic carbocycles. The van der Waals surface area contributed by atoms with E-state index in [4.69, 9.17) is 14.6 Å². The van der Waals surface area contributed by atoms with Gasteiger partial charge in [-0.15, -0.1) is 0 Å². The van der Waals surface area contributed by atoms with Gasteiger partial charge in [-0.05, 0) is 67.6 Å². The summed E-state index contributed by atoms with van der Waals surface area (Å²) in [6.07, 6.45) is 0.695. The molecule has 0 bridgehead atoms. The highest BCUT2D eigenvalue weighted by Gasteiger charge is 2.12. The van der Waals surface area contributed by atoms with Crippen molar-refractivity contribution in [1.29, 1.82) is 0 Å². The average Bonchev–Trinajstić information content (AvgIpc) is 2.61. The number of hydrogen-bond acceptors (Lipinski definition) is 4. The Labute approximate surface area is 159 Å². The molecule has 6 heteroatoms. The molecule has 1 amide bonds. The van der Waals surface area contributed by atoms with Gasteiger partial charge in [0.1, 0.15) is 11.5 Å². The van der Waals surface area contributed by atoms with E-state index in [2.05, 4.69) is 5.32 Å². The third-order valence-corrected chi connectivity index (χ3v) is 4.23. The number of nitrogens with one attached hydrogen (secondary N) is 1. The molecule has 0 saturated carbocycles. The first-order chi connectivity index (χ1) is 12.8.